The Hall–Kier alpha value is -0.610. The Labute approximate surface area is 121 Å². The van der Waals surface area contributed by atoms with Crippen LogP contribution in [0.1, 0.15) is 22.4 Å². The molecule has 0 spiro atoms. The van der Waals surface area contributed by atoms with Crippen LogP contribution in [0.3, 0.4) is 0 Å². The van der Waals surface area contributed by atoms with Gasteiger partial charge < -0.3 is 5.32 Å². The number of thiazole rings is 1. The van der Waals surface area contributed by atoms with Gasteiger partial charge in [-0.25, -0.2) is 4.98 Å². The van der Waals surface area contributed by atoms with Gasteiger partial charge in [-0.2, -0.15) is 0 Å². The molecule has 0 aliphatic heterocycles. The molecule has 0 fully saturated rings. The van der Waals surface area contributed by atoms with Gasteiger partial charge in [0.05, 0.1) is 5.01 Å². The Kier molecular flexibility index (Phi) is 5.01. The van der Waals surface area contributed by atoms with E-state index in [1.165, 1.54) is 4.88 Å². The summed E-state index contributed by atoms with van der Waals surface area (Å²) in [6.45, 7) is 3.94. The van der Waals surface area contributed by atoms with Crippen molar-refractivity contribution in [3.8, 4) is 0 Å². The van der Waals surface area contributed by atoms with Gasteiger partial charge in [-0.3, -0.25) is 0 Å². The maximum absolute atomic E-state index is 6.15. The molecule has 0 aliphatic carbocycles. The van der Waals surface area contributed by atoms with E-state index >= 15 is 0 Å². The van der Waals surface area contributed by atoms with Crippen molar-refractivity contribution in [1.29, 1.82) is 0 Å². The minimum absolute atomic E-state index is 0.663. The number of hydrogen-bond donors (Lipinski definition) is 1. The van der Waals surface area contributed by atoms with E-state index in [-0.39, 0.29) is 0 Å². The van der Waals surface area contributed by atoms with Crippen LogP contribution in [0.2, 0.25) is 10.0 Å². The zero-order valence-electron chi connectivity index (χ0n) is 10.0. The number of nitrogens with one attached hydrogen (secondary N) is 1. The minimum atomic E-state index is 0.663. The Bertz CT molecular complexity index is 525. The Morgan fingerprint density at radius 1 is 1.33 bits per heavy atom. The summed E-state index contributed by atoms with van der Waals surface area (Å²) in [6.07, 6.45) is 2.68. The van der Waals surface area contributed by atoms with Gasteiger partial charge in [0, 0.05) is 34.1 Å². The first-order valence-electron chi connectivity index (χ1n) is 5.77. The molecule has 0 saturated heterocycles. The summed E-state index contributed by atoms with van der Waals surface area (Å²) in [6, 6.07) is 5.58. The van der Waals surface area contributed by atoms with Crippen LogP contribution in [0.5, 0.6) is 0 Å². The fourth-order valence-corrected chi connectivity index (χ4v) is 2.98. The summed E-state index contributed by atoms with van der Waals surface area (Å²) in [5, 5.41) is 5.73. The summed E-state index contributed by atoms with van der Waals surface area (Å²) >= 11 is 13.7. The molecule has 1 N–H and O–H groups in total. The van der Waals surface area contributed by atoms with Crippen LogP contribution >= 0.6 is 34.5 Å². The van der Waals surface area contributed by atoms with Gasteiger partial charge in [0.25, 0.3) is 0 Å². The van der Waals surface area contributed by atoms with Crippen LogP contribution in [0.25, 0.3) is 0 Å². The molecule has 0 bridgehead atoms. The van der Waals surface area contributed by atoms with Crippen molar-refractivity contribution in [3.05, 3.63) is 49.9 Å². The molecule has 0 saturated carbocycles. The number of aromatic nitrogens is 1. The smallest absolute Gasteiger partial charge is 0.0972 e. The van der Waals surface area contributed by atoms with Crippen LogP contribution in [0.15, 0.2) is 24.4 Å². The van der Waals surface area contributed by atoms with Gasteiger partial charge in [0.2, 0.25) is 0 Å². The SMILES string of the molecule is CCNCc1cnc(Cc2ccc(Cl)cc2Cl)s1. The second-order valence-corrected chi connectivity index (χ2v) is 5.96. The summed E-state index contributed by atoms with van der Waals surface area (Å²) in [5.74, 6) is 0. The van der Waals surface area contributed by atoms with Crippen molar-refractivity contribution in [2.24, 2.45) is 0 Å². The third kappa shape index (κ3) is 3.69. The van der Waals surface area contributed by atoms with Crippen molar-refractivity contribution >= 4 is 34.5 Å². The molecule has 0 radical (unpaired) electrons. The summed E-state index contributed by atoms with van der Waals surface area (Å²) in [7, 11) is 0. The first-order valence-corrected chi connectivity index (χ1v) is 7.34. The van der Waals surface area contributed by atoms with Crippen molar-refractivity contribution < 1.29 is 0 Å². The number of nitrogens with zero attached hydrogens (tertiary/aromatic N) is 1. The highest BCUT2D eigenvalue weighted by atomic mass is 35.5. The molecule has 2 nitrogen and oxygen atoms in total. The van der Waals surface area contributed by atoms with Crippen molar-refractivity contribution in [2.75, 3.05) is 6.54 Å². The maximum Gasteiger partial charge on any atom is 0.0972 e. The van der Waals surface area contributed by atoms with Gasteiger partial charge in [0.15, 0.2) is 0 Å². The number of benzene rings is 1. The topological polar surface area (TPSA) is 24.9 Å². The predicted octanol–water partition coefficient (Wildman–Crippen LogP) is 4.15. The highest BCUT2D eigenvalue weighted by Crippen LogP contribution is 2.25. The van der Waals surface area contributed by atoms with Crippen LogP contribution < -0.4 is 5.32 Å². The molecular weight excluding hydrogens is 287 g/mol. The second kappa shape index (κ2) is 6.53. The first kappa shape index (κ1) is 13.8. The van der Waals surface area contributed by atoms with Gasteiger partial charge in [-0.1, -0.05) is 36.2 Å². The number of hydrogen-bond acceptors (Lipinski definition) is 3. The first-order chi connectivity index (χ1) is 8.69. The van der Waals surface area contributed by atoms with E-state index < -0.39 is 0 Å². The summed E-state index contributed by atoms with van der Waals surface area (Å²) in [4.78, 5) is 5.66. The standard InChI is InChI=1S/C13H14Cl2N2S/c1-2-16-7-11-8-17-13(18-11)5-9-3-4-10(14)6-12(9)15/h3-4,6,8,16H,2,5,7H2,1H3. The van der Waals surface area contributed by atoms with E-state index in [1.807, 2.05) is 18.3 Å². The van der Waals surface area contributed by atoms with Crippen LogP contribution in [0, 0.1) is 0 Å². The Morgan fingerprint density at radius 2 is 2.17 bits per heavy atom. The largest absolute Gasteiger partial charge is 0.312 e. The molecule has 2 aromatic rings. The summed E-state index contributed by atoms with van der Waals surface area (Å²) in [5.41, 5.74) is 1.06. The van der Waals surface area contributed by atoms with E-state index in [4.69, 9.17) is 23.2 Å². The molecule has 0 atom stereocenters. The lowest BCUT2D eigenvalue weighted by atomic mass is 10.1. The lowest BCUT2D eigenvalue weighted by Gasteiger charge is -2.02. The van der Waals surface area contributed by atoms with Crippen molar-refractivity contribution in [1.82, 2.24) is 10.3 Å². The van der Waals surface area contributed by atoms with E-state index in [1.54, 1.807) is 17.4 Å². The van der Waals surface area contributed by atoms with Gasteiger partial charge in [-0.05, 0) is 24.2 Å². The molecule has 5 heteroatoms. The zero-order chi connectivity index (χ0) is 13.0. The highest BCUT2D eigenvalue weighted by molar-refractivity contribution is 7.11. The number of rotatable bonds is 5. The highest BCUT2D eigenvalue weighted by Gasteiger charge is 2.06. The molecule has 1 heterocycles. The van der Waals surface area contributed by atoms with E-state index in [0.717, 1.165) is 30.1 Å². The van der Waals surface area contributed by atoms with E-state index in [0.29, 0.717) is 10.0 Å². The average molecular weight is 301 g/mol. The van der Waals surface area contributed by atoms with Crippen molar-refractivity contribution in [2.45, 2.75) is 19.9 Å². The lowest BCUT2D eigenvalue weighted by molar-refractivity contribution is 0.734. The van der Waals surface area contributed by atoms with Crippen LogP contribution in [-0.4, -0.2) is 11.5 Å². The predicted molar refractivity (Wildman–Crippen MR) is 78.8 cm³/mol. The summed E-state index contributed by atoms with van der Waals surface area (Å²) < 4.78 is 0. The van der Waals surface area contributed by atoms with Gasteiger partial charge in [-0.15, -0.1) is 11.3 Å². The quantitative estimate of drug-likeness (QED) is 0.897. The monoisotopic (exact) mass is 300 g/mol. The molecule has 1 aromatic carbocycles. The molecule has 18 heavy (non-hydrogen) atoms. The third-order valence-electron chi connectivity index (χ3n) is 2.51. The Balaban J connectivity index is 2.06. The molecule has 0 aliphatic rings. The zero-order valence-corrected chi connectivity index (χ0v) is 12.4. The van der Waals surface area contributed by atoms with Crippen LogP contribution in [-0.2, 0) is 13.0 Å². The van der Waals surface area contributed by atoms with E-state index in [2.05, 4.69) is 17.2 Å². The van der Waals surface area contributed by atoms with Gasteiger partial charge >= 0.3 is 0 Å². The lowest BCUT2D eigenvalue weighted by Crippen LogP contribution is -2.10. The molecule has 0 amide bonds. The molecule has 2 rings (SSSR count). The van der Waals surface area contributed by atoms with Crippen molar-refractivity contribution in [3.63, 3.8) is 0 Å². The fraction of sp³-hybridized carbons (Fsp3) is 0.308. The number of halogens is 2. The molecular formula is C13H14Cl2N2S. The van der Waals surface area contributed by atoms with Gasteiger partial charge in [0.1, 0.15) is 0 Å². The third-order valence-corrected chi connectivity index (χ3v) is 4.09. The normalized spacial score (nSPS) is 10.8. The average Bonchev–Trinajstić information content (AvgIpc) is 2.78. The fourth-order valence-electron chi connectivity index (χ4n) is 1.59. The molecule has 96 valence electrons. The molecule has 1 aromatic heterocycles. The molecule has 0 unspecified atom stereocenters. The second-order valence-electron chi connectivity index (χ2n) is 3.91. The van der Waals surface area contributed by atoms with Crippen LogP contribution in [0.4, 0.5) is 0 Å². The maximum atomic E-state index is 6.15. The Morgan fingerprint density at radius 3 is 2.89 bits per heavy atom. The minimum Gasteiger partial charge on any atom is -0.312 e. The van der Waals surface area contributed by atoms with E-state index in [9.17, 15) is 0 Å².